The highest BCUT2D eigenvalue weighted by atomic mass is 127. The summed E-state index contributed by atoms with van der Waals surface area (Å²) in [7, 11) is 0. The molecule has 3 fully saturated rings. The topological polar surface area (TPSA) is 16.4 Å². The molecule has 130 valence electrons. The van der Waals surface area contributed by atoms with Crippen molar-refractivity contribution in [1.29, 1.82) is 0 Å². The summed E-state index contributed by atoms with van der Waals surface area (Å²) in [5.74, 6) is 0. The van der Waals surface area contributed by atoms with Gasteiger partial charge in [-0.3, -0.25) is 0 Å². The fraction of sp³-hybridized carbons (Fsp3) is 0.455. The number of aryl methyl sites for hydroxylation is 1. The summed E-state index contributed by atoms with van der Waals surface area (Å²) in [5, 5.41) is 2.46. The molecule has 2 nitrogen and oxygen atoms in total. The van der Waals surface area contributed by atoms with Crippen molar-refractivity contribution in [3.8, 4) is 0 Å². The second-order valence-electron chi connectivity index (χ2n) is 8.59. The summed E-state index contributed by atoms with van der Waals surface area (Å²) in [6.07, 6.45) is 5.28. The average Bonchev–Trinajstić information content (AvgIpc) is 2.95. The summed E-state index contributed by atoms with van der Waals surface area (Å²) < 4.78 is 6.72. The van der Waals surface area contributed by atoms with Crippen molar-refractivity contribution in [3.63, 3.8) is 0 Å². The lowest BCUT2D eigenvalue weighted by atomic mass is 9.63. The lowest BCUT2D eigenvalue weighted by molar-refractivity contribution is 0.0849. The Balaban J connectivity index is 1.72. The number of hydrogen-bond donors (Lipinski definition) is 0. The number of anilines is 1. The normalized spacial score (nSPS) is 32.0. The molecule has 3 heterocycles. The molecule has 1 aliphatic carbocycles. The number of para-hydroxylation sites is 1. The van der Waals surface area contributed by atoms with E-state index in [1.165, 1.54) is 47.7 Å². The first kappa shape index (κ1) is 16.0. The molecule has 6 rings (SSSR count). The SMILES string of the molecule is Cc1cc2c(cc1N1C(I)C3(C)CCC1(C)CC3)oc1ccccc12. The molecular formula is C22H24INO. The van der Waals surface area contributed by atoms with E-state index >= 15 is 0 Å². The van der Waals surface area contributed by atoms with E-state index in [9.17, 15) is 0 Å². The molecule has 0 spiro atoms. The molecular weight excluding hydrogens is 421 g/mol. The fourth-order valence-corrected chi connectivity index (χ4v) is 6.56. The van der Waals surface area contributed by atoms with Gasteiger partial charge in [0.2, 0.25) is 0 Å². The van der Waals surface area contributed by atoms with Crippen LogP contribution in [0.5, 0.6) is 0 Å². The van der Waals surface area contributed by atoms with E-state index in [2.05, 4.69) is 78.6 Å². The van der Waals surface area contributed by atoms with Gasteiger partial charge in [0, 0.05) is 28.1 Å². The van der Waals surface area contributed by atoms with Crippen LogP contribution < -0.4 is 4.90 Å². The third kappa shape index (κ3) is 2.14. The van der Waals surface area contributed by atoms with Crippen LogP contribution in [0.3, 0.4) is 0 Å². The highest BCUT2D eigenvalue weighted by Crippen LogP contribution is 2.57. The van der Waals surface area contributed by atoms with Crippen molar-refractivity contribution in [3.05, 3.63) is 42.0 Å². The van der Waals surface area contributed by atoms with Gasteiger partial charge in [-0.05, 0) is 62.6 Å². The van der Waals surface area contributed by atoms with E-state index < -0.39 is 0 Å². The van der Waals surface area contributed by atoms with Crippen LogP contribution >= 0.6 is 22.6 Å². The fourth-order valence-electron chi connectivity index (χ4n) is 4.97. The summed E-state index contributed by atoms with van der Waals surface area (Å²) in [6, 6.07) is 13.0. The number of piperidine rings is 2. The zero-order valence-electron chi connectivity index (χ0n) is 15.1. The zero-order chi connectivity index (χ0) is 17.4. The molecule has 2 aromatic carbocycles. The summed E-state index contributed by atoms with van der Waals surface area (Å²) in [4.78, 5) is 2.71. The van der Waals surface area contributed by atoms with Crippen LogP contribution in [0.4, 0.5) is 5.69 Å². The number of alkyl halides is 1. The number of hydrogen-bond acceptors (Lipinski definition) is 2. The second kappa shape index (κ2) is 5.15. The lowest BCUT2D eigenvalue weighted by Gasteiger charge is -2.62. The summed E-state index contributed by atoms with van der Waals surface area (Å²) >= 11 is 2.69. The van der Waals surface area contributed by atoms with Gasteiger partial charge in [0.05, 0.1) is 4.05 Å². The van der Waals surface area contributed by atoms with Crippen molar-refractivity contribution < 1.29 is 4.42 Å². The van der Waals surface area contributed by atoms with Gasteiger partial charge in [-0.25, -0.2) is 0 Å². The Morgan fingerprint density at radius 1 is 1.00 bits per heavy atom. The first-order valence-corrected chi connectivity index (χ1v) is 10.5. The Kier molecular flexibility index (Phi) is 3.29. The molecule has 2 bridgehead atoms. The van der Waals surface area contributed by atoms with Crippen LogP contribution in [0, 0.1) is 12.3 Å². The Bertz CT molecular complexity index is 980. The van der Waals surface area contributed by atoms with Crippen LogP contribution in [-0.4, -0.2) is 9.59 Å². The van der Waals surface area contributed by atoms with Crippen LogP contribution in [0.2, 0.25) is 0 Å². The third-order valence-corrected chi connectivity index (χ3v) is 8.87. The van der Waals surface area contributed by atoms with Crippen LogP contribution in [0.1, 0.15) is 45.1 Å². The molecule has 1 saturated carbocycles. The van der Waals surface area contributed by atoms with E-state index in [-0.39, 0.29) is 5.54 Å². The maximum absolute atomic E-state index is 6.18. The number of furan rings is 1. The standard InChI is InChI=1S/C22H24INO/c1-14-12-16-15-6-4-5-7-18(15)25-19(16)13-17(14)24-20(23)21(2)8-10-22(24,3)11-9-21/h4-7,12-13,20H,8-11H2,1-3H3. The molecule has 0 radical (unpaired) electrons. The summed E-state index contributed by atoms with van der Waals surface area (Å²) in [6.45, 7) is 7.19. The van der Waals surface area contributed by atoms with Crippen molar-refractivity contribution in [2.24, 2.45) is 5.41 Å². The Labute approximate surface area is 162 Å². The summed E-state index contributed by atoms with van der Waals surface area (Å²) in [5.41, 5.74) is 5.41. The van der Waals surface area contributed by atoms with Gasteiger partial charge in [-0.2, -0.15) is 0 Å². The van der Waals surface area contributed by atoms with Gasteiger partial charge in [0.15, 0.2) is 0 Å². The van der Waals surface area contributed by atoms with Crippen molar-refractivity contribution in [1.82, 2.24) is 0 Å². The minimum Gasteiger partial charge on any atom is -0.456 e. The van der Waals surface area contributed by atoms with Gasteiger partial charge >= 0.3 is 0 Å². The third-order valence-electron chi connectivity index (χ3n) is 6.81. The quantitative estimate of drug-likeness (QED) is 0.232. The minimum absolute atomic E-state index is 0.272. The Hall–Kier alpha value is -1.23. The number of nitrogens with zero attached hydrogens (tertiary/aromatic N) is 1. The highest BCUT2D eigenvalue weighted by molar-refractivity contribution is 14.1. The van der Waals surface area contributed by atoms with Gasteiger partial charge in [0.1, 0.15) is 11.2 Å². The predicted molar refractivity (Wildman–Crippen MR) is 114 cm³/mol. The molecule has 2 aliphatic heterocycles. The number of benzene rings is 2. The Morgan fingerprint density at radius 2 is 1.72 bits per heavy atom. The van der Waals surface area contributed by atoms with Crippen molar-refractivity contribution >= 4 is 50.2 Å². The van der Waals surface area contributed by atoms with Gasteiger partial charge in [0.25, 0.3) is 0 Å². The molecule has 0 amide bonds. The molecule has 25 heavy (non-hydrogen) atoms. The van der Waals surface area contributed by atoms with Gasteiger partial charge in [-0.15, -0.1) is 0 Å². The van der Waals surface area contributed by atoms with Crippen LogP contribution in [-0.2, 0) is 0 Å². The molecule has 3 aromatic rings. The zero-order valence-corrected chi connectivity index (χ0v) is 17.3. The molecule has 1 aromatic heterocycles. The first-order chi connectivity index (χ1) is 11.9. The average molecular weight is 445 g/mol. The number of halogens is 1. The predicted octanol–water partition coefficient (Wildman–Crippen LogP) is 6.81. The monoisotopic (exact) mass is 445 g/mol. The van der Waals surface area contributed by atoms with Gasteiger partial charge in [-0.1, -0.05) is 47.7 Å². The smallest absolute Gasteiger partial charge is 0.137 e. The lowest BCUT2D eigenvalue weighted by Crippen LogP contribution is -2.64. The van der Waals surface area contributed by atoms with Crippen LogP contribution in [0.25, 0.3) is 21.9 Å². The highest BCUT2D eigenvalue weighted by Gasteiger charge is 2.54. The molecule has 2 saturated heterocycles. The minimum atomic E-state index is 0.272. The largest absolute Gasteiger partial charge is 0.456 e. The first-order valence-electron chi connectivity index (χ1n) is 9.27. The van der Waals surface area contributed by atoms with E-state index in [0.717, 1.165) is 11.2 Å². The van der Waals surface area contributed by atoms with Gasteiger partial charge < -0.3 is 9.32 Å². The molecule has 3 heteroatoms. The van der Waals surface area contributed by atoms with Crippen LogP contribution in [0.15, 0.2) is 40.8 Å². The van der Waals surface area contributed by atoms with E-state index in [4.69, 9.17) is 4.42 Å². The molecule has 1 unspecified atom stereocenters. The van der Waals surface area contributed by atoms with E-state index in [0.29, 0.717) is 9.46 Å². The number of rotatable bonds is 1. The van der Waals surface area contributed by atoms with E-state index in [1.54, 1.807) is 0 Å². The number of fused-ring (bicyclic) bond motifs is 6. The maximum Gasteiger partial charge on any atom is 0.137 e. The Morgan fingerprint density at radius 3 is 2.48 bits per heavy atom. The molecule has 3 aliphatic rings. The molecule has 1 atom stereocenters. The maximum atomic E-state index is 6.18. The second-order valence-corrected chi connectivity index (χ2v) is 9.77. The van der Waals surface area contributed by atoms with E-state index in [1.807, 2.05) is 6.07 Å². The van der Waals surface area contributed by atoms with Crippen molar-refractivity contribution in [2.75, 3.05) is 4.90 Å². The van der Waals surface area contributed by atoms with Crippen molar-refractivity contribution in [2.45, 2.75) is 56.0 Å². The molecule has 0 N–H and O–H groups in total.